The van der Waals surface area contributed by atoms with E-state index in [1.54, 1.807) is 10.6 Å². The lowest BCUT2D eigenvalue weighted by molar-refractivity contribution is -0.137. The molecular formula is C25H25ClF3N5. The summed E-state index contributed by atoms with van der Waals surface area (Å²) in [5, 5.41) is 9.21. The van der Waals surface area contributed by atoms with E-state index in [1.807, 2.05) is 18.2 Å². The van der Waals surface area contributed by atoms with Gasteiger partial charge in [0.1, 0.15) is 6.54 Å². The SMILES string of the molecule is CCCN(Cc1nnc2n1-c1cc(C(F)(F)F)ccc1C(c1ccccc1Cl)=NC2)CC1CC1. The standard InChI is InChI=1S/C25H25ClF3N5/c1-2-11-33(14-16-7-8-16)15-23-32-31-22-13-30-24(18-5-3-4-6-20(18)26)19-10-9-17(25(27,28)29)12-21(19)34(22)23/h3-6,9-10,12,16H,2,7-8,11,13-15H2,1H3. The number of hydrogen-bond donors (Lipinski definition) is 0. The van der Waals surface area contributed by atoms with E-state index >= 15 is 0 Å². The molecule has 1 aliphatic carbocycles. The van der Waals surface area contributed by atoms with Gasteiger partial charge in [-0.15, -0.1) is 10.2 Å². The Kier molecular flexibility index (Phi) is 6.20. The first-order valence-electron chi connectivity index (χ1n) is 11.5. The van der Waals surface area contributed by atoms with Crippen LogP contribution in [-0.4, -0.2) is 38.5 Å². The van der Waals surface area contributed by atoms with Crippen molar-refractivity contribution in [2.75, 3.05) is 13.1 Å². The summed E-state index contributed by atoms with van der Waals surface area (Å²) in [6.45, 7) is 4.70. The van der Waals surface area contributed by atoms with E-state index in [9.17, 15) is 13.2 Å². The zero-order chi connectivity index (χ0) is 23.9. The van der Waals surface area contributed by atoms with E-state index in [2.05, 4.69) is 22.0 Å². The van der Waals surface area contributed by atoms with Crippen LogP contribution in [0, 0.1) is 5.92 Å². The van der Waals surface area contributed by atoms with Crippen LogP contribution in [0.25, 0.3) is 5.69 Å². The first kappa shape index (κ1) is 23.1. The molecule has 1 fully saturated rings. The number of alkyl halides is 3. The minimum Gasteiger partial charge on any atom is -0.296 e. The Morgan fingerprint density at radius 3 is 2.59 bits per heavy atom. The smallest absolute Gasteiger partial charge is 0.296 e. The number of rotatable bonds is 7. The molecule has 5 nitrogen and oxygen atoms in total. The van der Waals surface area contributed by atoms with Gasteiger partial charge in [0.2, 0.25) is 0 Å². The van der Waals surface area contributed by atoms with Gasteiger partial charge in [0.15, 0.2) is 11.6 Å². The number of nitrogens with zero attached hydrogens (tertiary/aromatic N) is 5. The summed E-state index contributed by atoms with van der Waals surface area (Å²) in [5.41, 5.74) is 1.45. The van der Waals surface area contributed by atoms with Crippen molar-refractivity contribution in [3.05, 3.63) is 75.8 Å². The average Bonchev–Trinajstić information content (AvgIpc) is 3.55. The predicted molar refractivity (Wildman–Crippen MR) is 125 cm³/mol. The summed E-state index contributed by atoms with van der Waals surface area (Å²) in [4.78, 5) is 7.05. The second-order valence-electron chi connectivity index (χ2n) is 8.92. The Balaban J connectivity index is 1.63. The topological polar surface area (TPSA) is 46.3 Å². The van der Waals surface area contributed by atoms with Crippen molar-refractivity contribution >= 4 is 17.3 Å². The number of hydrogen-bond acceptors (Lipinski definition) is 4. The fourth-order valence-electron chi connectivity index (χ4n) is 4.46. The highest BCUT2D eigenvalue weighted by atomic mass is 35.5. The molecule has 2 aromatic carbocycles. The lowest BCUT2D eigenvalue weighted by Crippen LogP contribution is -2.28. The third kappa shape index (κ3) is 4.61. The van der Waals surface area contributed by atoms with Gasteiger partial charge in [-0.2, -0.15) is 13.2 Å². The Morgan fingerprint density at radius 2 is 1.88 bits per heavy atom. The molecule has 0 spiro atoms. The molecule has 1 saturated carbocycles. The van der Waals surface area contributed by atoms with Gasteiger partial charge in [0, 0.05) is 22.7 Å². The second kappa shape index (κ2) is 9.15. The molecule has 1 aromatic heterocycles. The van der Waals surface area contributed by atoms with Crippen molar-refractivity contribution < 1.29 is 13.2 Å². The fourth-order valence-corrected chi connectivity index (χ4v) is 4.69. The van der Waals surface area contributed by atoms with Crippen molar-refractivity contribution in [1.82, 2.24) is 19.7 Å². The number of halogens is 4. The third-order valence-corrected chi connectivity index (χ3v) is 6.57. The zero-order valence-electron chi connectivity index (χ0n) is 18.8. The van der Waals surface area contributed by atoms with Gasteiger partial charge in [-0.25, -0.2) is 0 Å². The summed E-state index contributed by atoms with van der Waals surface area (Å²) in [5.74, 6) is 1.83. The van der Waals surface area contributed by atoms with Gasteiger partial charge in [0.25, 0.3) is 0 Å². The molecule has 2 heterocycles. The molecule has 2 aliphatic rings. The lowest BCUT2D eigenvalue weighted by Gasteiger charge is -2.22. The molecule has 3 aromatic rings. The van der Waals surface area contributed by atoms with Crippen LogP contribution in [0.3, 0.4) is 0 Å². The molecule has 34 heavy (non-hydrogen) atoms. The molecule has 0 unspecified atom stereocenters. The van der Waals surface area contributed by atoms with Crippen molar-refractivity contribution in [3.63, 3.8) is 0 Å². The highest BCUT2D eigenvalue weighted by Crippen LogP contribution is 2.35. The van der Waals surface area contributed by atoms with Crippen molar-refractivity contribution in [1.29, 1.82) is 0 Å². The lowest BCUT2D eigenvalue weighted by atomic mass is 9.98. The third-order valence-electron chi connectivity index (χ3n) is 6.24. The van der Waals surface area contributed by atoms with Crippen LogP contribution in [-0.2, 0) is 19.3 Å². The van der Waals surface area contributed by atoms with Crippen molar-refractivity contribution in [3.8, 4) is 5.69 Å². The molecule has 178 valence electrons. The zero-order valence-corrected chi connectivity index (χ0v) is 19.6. The summed E-state index contributed by atoms with van der Waals surface area (Å²) in [6.07, 6.45) is -1.03. The van der Waals surface area contributed by atoms with Gasteiger partial charge >= 0.3 is 6.18 Å². The molecule has 9 heteroatoms. The fraction of sp³-hybridized carbons (Fsp3) is 0.400. The minimum atomic E-state index is -4.47. The summed E-state index contributed by atoms with van der Waals surface area (Å²) < 4.78 is 42.9. The predicted octanol–water partition coefficient (Wildman–Crippen LogP) is 5.91. The maximum atomic E-state index is 13.7. The Bertz CT molecular complexity index is 1230. The first-order chi connectivity index (χ1) is 16.3. The minimum absolute atomic E-state index is 0.194. The molecule has 0 saturated heterocycles. The van der Waals surface area contributed by atoms with Gasteiger partial charge in [0.05, 0.1) is 23.5 Å². The van der Waals surface area contributed by atoms with E-state index in [-0.39, 0.29) is 6.54 Å². The average molecular weight is 488 g/mol. The summed E-state index contributed by atoms with van der Waals surface area (Å²) >= 11 is 6.45. The summed E-state index contributed by atoms with van der Waals surface area (Å²) in [6, 6.07) is 11.0. The van der Waals surface area contributed by atoms with Crippen molar-refractivity contribution in [2.24, 2.45) is 10.9 Å². The number of aliphatic imine (C=N–C) groups is 1. The number of benzene rings is 2. The molecule has 0 atom stereocenters. The quantitative estimate of drug-likeness (QED) is 0.416. The molecule has 0 N–H and O–H groups in total. The normalized spacial score (nSPS) is 15.6. The van der Waals surface area contributed by atoms with Crippen molar-refractivity contribution in [2.45, 2.75) is 45.5 Å². The highest BCUT2D eigenvalue weighted by Gasteiger charge is 2.33. The monoisotopic (exact) mass is 487 g/mol. The van der Waals surface area contributed by atoms with E-state index in [4.69, 9.17) is 16.6 Å². The van der Waals surface area contributed by atoms with E-state index in [0.717, 1.165) is 25.6 Å². The highest BCUT2D eigenvalue weighted by molar-refractivity contribution is 6.35. The first-order valence-corrected chi connectivity index (χ1v) is 11.9. The second-order valence-corrected chi connectivity index (χ2v) is 9.33. The van der Waals surface area contributed by atoms with Gasteiger partial charge in [-0.1, -0.05) is 42.8 Å². The van der Waals surface area contributed by atoms with Crippen LogP contribution >= 0.6 is 11.6 Å². The van der Waals surface area contributed by atoms with E-state index in [1.165, 1.54) is 25.0 Å². The van der Waals surface area contributed by atoms with Gasteiger partial charge < -0.3 is 0 Å². The number of fused-ring (bicyclic) bond motifs is 3. The largest absolute Gasteiger partial charge is 0.416 e. The molecule has 0 bridgehead atoms. The van der Waals surface area contributed by atoms with Crippen LogP contribution in [0.4, 0.5) is 13.2 Å². The molecule has 0 amide bonds. The van der Waals surface area contributed by atoms with E-state index < -0.39 is 11.7 Å². The van der Waals surface area contributed by atoms with Crippen LogP contribution in [0.1, 0.15) is 54.5 Å². The molecule has 5 rings (SSSR count). The summed E-state index contributed by atoms with van der Waals surface area (Å²) in [7, 11) is 0. The Morgan fingerprint density at radius 1 is 1.09 bits per heavy atom. The van der Waals surface area contributed by atoms with Crippen LogP contribution < -0.4 is 0 Å². The van der Waals surface area contributed by atoms with Gasteiger partial charge in [-0.3, -0.25) is 14.5 Å². The molecular weight excluding hydrogens is 463 g/mol. The Hall–Kier alpha value is -2.71. The maximum absolute atomic E-state index is 13.7. The Labute approximate surface area is 201 Å². The van der Waals surface area contributed by atoms with Crippen LogP contribution in [0.15, 0.2) is 47.5 Å². The maximum Gasteiger partial charge on any atom is 0.416 e. The van der Waals surface area contributed by atoms with E-state index in [0.29, 0.717) is 51.7 Å². The van der Waals surface area contributed by atoms with Crippen LogP contribution in [0.2, 0.25) is 5.02 Å². The van der Waals surface area contributed by atoms with Gasteiger partial charge in [-0.05, 0) is 49.9 Å². The molecule has 1 aliphatic heterocycles. The number of aromatic nitrogens is 3. The van der Waals surface area contributed by atoms with Crippen LogP contribution in [0.5, 0.6) is 0 Å². The molecule has 0 radical (unpaired) electrons.